The van der Waals surface area contributed by atoms with Crippen molar-refractivity contribution < 1.29 is 9.53 Å². The molecule has 1 N–H and O–H groups in total. The third-order valence-corrected chi connectivity index (χ3v) is 4.36. The summed E-state index contributed by atoms with van der Waals surface area (Å²) in [4.78, 5) is 14.6. The van der Waals surface area contributed by atoms with Crippen molar-refractivity contribution in [1.29, 1.82) is 0 Å². The first-order valence-electron chi connectivity index (χ1n) is 7.29. The summed E-state index contributed by atoms with van der Waals surface area (Å²) in [5, 5.41) is 3.48. The van der Waals surface area contributed by atoms with Gasteiger partial charge in [-0.3, -0.25) is 4.79 Å². The van der Waals surface area contributed by atoms with Crippen LogP contribution in [0.4, 0.5) is 0 Å². The van der Waals surface area contributed by atoms with E-state index in [1.807, 2.05) is 0 Å². The number of methoxy groups -OCH3 is 1. The molecule has 18 heavy (non-hydrogen) atoms. The van der Waals surface area contributed by atoms with E-state index >= 15 is 0 Å². The van der Waals surface area contributed by atoms with E-state index in [1.165, 1.54) is 32.1 Å². The third-order valence-electron chi connectivity index (χ3n) is 4.36. The number of nitrogens with one attached hydrogen (secondary N) is 1. The smallest absolute Gasteiger partial charge is 0.223 e. The molecule has 0 aromatic carbocycles. The molecule has 1 aliphatic heterocycles. The largest absolute Gasteiger partial charge is 0.385 e. The predicted molar refractivity (Wildman–Crippen MR) is 71.5 cm³/mol. The molecule has 1 saturated carbocycles. The molecule has 0 atom stereocenters. The van der Waals surface area contributed by atoms with Crippen molar-refractivity contribution >= 4 is 5.91 Å². The van der Waals surface area contributed by atoms with Gasteiger partial charge >= 0.3 is 0 Å². The molecule has 1 saturated heterocycles. The Morgan fingerprint density at radius 1 is 1.33 bits per heavy atom. The van der Waals surface area contributed by atoms with E-state index in [2.05, 4.69) is 10.2 Å². The number of hydrogen-bond donors (Lipinski definition) is 1. The van der Waals surface area contributed by atoms with Crippen molar-refractivity contribution in [3.05, 3.63) is 0 Å². The normalized spacial score (nSPS) is 23.3. The van der Waals surface area contributed by atoms with Gasteiger partial charge in [-0.1, -0.05) is 19.3 Å². The zero-order chi connectivity index (χ0) is 12.8. The maximum atomic E-state index is 12.4. The molecular weight excluding hydrogens is 228 g/mol. The molecule has 0 unspecified atom stereocenters. The predicted octanol–water partition coefficient (Wildman–Crippen LogP) is 1.55. The number of carbonyl (C=O) groups excluding carboxylic acids is 1. The molecule has 0 bridgehead atoms. The Hall–Kier alpha value is -0.610. The van der Waals surface area contributed by atoms with Crippen LogP contribution in [0.2, 0.25) is 0 Å². The fourth-order valence-corrected chi connectivity index (χ4v) is 3.39. The van der Waals surface area contributed by atoms with Gasteiger partial charge in [-0.25, -0.2) is 0 Å². The lowest BCUT2D eigenvalue weighted by molar-refractivity contribution is -0.141. The second kappa shape index (κ2) is 6.53. The summed E-state index contributed by atoms with van der Waals surface area (Å²) < 4.78 is 5.03. The van der Waals surface area contributed by atoms with Gasteiger partial charge in [0.05, 0.1) is 5.54 Å². The number of amides is 1. The Morgan fingerprint density at radius 2 is 2.11 bits per heavy atom. The van der Waals surface area contributed by atoms with Crippen LogP contribution in [0.25, 0.3) is 0 Å². The number of hydrogen-bond acceptors (Lipinski definition) is 3. The van der Waals surface area contributed by atoms with Crippen LogP contribution in [0, 0.1) is 0 Å². The van der Waals surface area contributed by atoms with Crippen LogP contribution in [0.5, 0.6) is 0 Å². The molecule has 1 spiro atoms. The van der Waals surface area contributed by atoms with Gasteiger partial charge in [-0.05, 0) is 19.3 Å². The molecule has 2 fully saturated rings. The minimum absolute atomic E-state index is 0.126. The van der Waals surface area contributed by atoms with E-state index in [0.29, 0.717) is 18.9 Å². The van der Waals surface area contributed by atoms with Crippen LogP contribution in [-0.4, -0.2) is 49.7 Å². The molecule has 1 aliphatic carbocycles. The monoisotopic (exact) mass is 254 g/mol. The number of ether oxygens (including phenoxy) is 1. The van der Waals surface area contributed by atoms with E-state index in [-0.39, 0.29) is 5.54 Å². The van der Waals surface area contributed by atoms with Crippen LogP contribution in [0.1, 0.15) is 44.9 Å². The SMILES string of the molecule is COCCCC(=O)N1CCNCC12CCCCC2. The van der Waals surface area contributed by atoms with Crippen LogP contribution < -0.4 is 5.32 Å². The molecule has 0 aromatic heterocycles. The van der Waals surface area contributed by atoms with Gasteiger partial charge in [0.25, 0.3) is 0 Å². The second-order valence-corrected chi connectivity index (χ2v) is 5.60. The van der Waals surface area contributed by atoms with E-state index in [0.717, 1.165) is 26.1 Å². The van der Waals surface area contributed by atoms with Gasteiger partial charge in [-0.15, -0.1) is 0 Å². The minimum Gasteiger partial charge on any atom is -0.385 e. The van der Waals surface area contributed by atoms with E-state index in [1.54, 1.807) is 7.11 Å². The summed E-state index contributed by atoms with van der Waals surface area (Å²) in [5.41, 5.74) is 0.126. The van der Waals surface area contributed by atoms with Crippen molar-refractivity contribution in [1.82, 2.24) is 10.2 Å². The molecule has 4 nitrogen and oxygen atoms in total. The van der Waals surface area contributed by atoms with E-state index in [4.69, 9.17) is 4.74 Å². The standard InChI is InChI=1S/C14H26N2O2/c1-18-11-5-6-13(17)16-10-9-15-12-14(16)7-3-2-4-8-14/h15H,2-12H2,1H3. The highest BCUT2D eigenvalue weighted by Crippen LogP contribution is 2.35. The molecule has 2 rings (SSSR count). The molecule has 4 heteroatoms. The highest BCUT2D eigenvalue weighted by atomic mass is 16.5. The fourth-order valence-electron chi connectivity index (χ4n) is 3.39. The zero-order valence-corrected chi connectivity index (χ0v) is 11.5. The first kappa shape index (κ1) is 13.8. The summed E-state index contributed by atoms with van der Waals surface area (Å²) in [6.07, 6.45) is 7.69. The lowest BCUT2D eigenvalue weighted by Crippen LogP contribution is -2.63. The van der Waals surface area contributed by atoms with Crippen molar-refractivity contribution in [2.45, 2.75) is 50.5 Å². The molecule has 2 aliphatic rings. The number of rotatable bonds is 4. The molecule has 0 radical (unpaired) electrons. The number of piperazine rings is 1. The highest BCUT2D eigenvalue weighted by Gasteiger charge is 2.41. The maximum absolute atomic E-state index is 12.4. The van der Waals surface area contributed by atoms with Crippen LogP contribution >= 0.6 is 0 Å². The average molecular weight is 254 g/mol. The van der Waals surface area contributed by atoms with Crippen molar-refractivity contribution in [3.8, 4) is 0 Å². The zero-order valence-electron chi connectivity index (χ0n) is 11.5. The van der Waals surface area contributed by atoms with Gasteiger partial charge in [0, 0.05) is 39.8 Å². The Morgan fingerprint density at radius 3 is 2.83 bits per heavy atom. The quantitative estimate of drug-likeness (QED) is 0.774. The summed E-state index contributed by atoms with van der Waals surface area (Å²) in [7, 11) is 1.69. The average Bonchev–Trinajstić information content (AvgIpc) is 2.40. The first-order valence-corrected chi connectivity index (χ1v) is 7.29. The van der Waals surface area contributed by atoms with Crippen molar-refractivity contribution in [2.24, 2.45) is 0 Å². The molecule has 1 amide bonds. The van der Waals surface area contributed by atoms with Crippen LogP contribution in [0.3, 0.4) is 0 Å². The molecule has 1 heterocycles. The van der Waals surface area contributed by atoms with Gasteiger partial charge < -0.3 is 15.0 Å². The lowest BCUT2D eigenvalue weighted by Gasteiger charge is -2.50. The van der Waals surface area contributed by atoms with Crippen molar-refractivity contribution in [3.63, 3.8) is 0 Å². The van der Waals surface area contributed by atoms with Gasteiger partial charge in [0.1, 0.15) is 0 Å². The summed E-state index contributed by atoms with van der Waals surface area (Å²) >= 11 is 0. The Balaban J connectivity index is 1.96. The third kappa shape index (κ3) is 3.04. The summed E-state index contributed by atoms with van der Waals surface area (Å²) in [6.45, 7) is 3.50. The van der Waals surface area contributed by atoms with Crippen LogP contribution in [0.15, 0.2) is 0 Å². The fraction of sp³-hybridized carbons (Fsp3) is 0.929. The summed E-state index contributed by atoms with van der Waals surface area (Å²) in [6, 6.07) is 0. The van der Waals surface area contributed by atoms with Crippen molar-refractivity contribution in [2.75, 3.05) is 33.4 Å². The van der Waals surface area contributed by atoms with Gasteiger partial charge in [0.2, 0.25) is 5.91 Å². The van der Waals surface area contributed by atoms with E-state index < -0.39 is 0 Å². The molecular formula is C14H26N2O2. The second-order valence-electron chi connectivity index (χ2n) is 5.60. The number of nitrogens with zero attached hydrogens (tertiary/aromatic N) is 1. The maximum Gasteiger partial charge on any atom is 0.223 e. The lowest BCUT2D eigenvalue weighted by atomic mass is 9.79. The Labute approximate surface area is 110 Å². The minimum atomic E-state index is 0.126. The Kier molecular flexibility index (Phi) is 5.01. The highest BCUT2D eigenvalue weighted by molar-refractivity contribution is 5.77. The molecule has 0 aromatic rings. The Bertz CT molecular complexity index is 267. The van der Waals surface area contributed by atoms with E-state index in [9.17, 15) is 4.79 Å². The molecule has 104 valence electrons. The first-order chi connectivity index (χ1) is 8.78. The van der Waals surface area contributed by atoms with Crippen LogP contribution in [-0.2, 0) is 9.53 Å². The topological polar surface area (TPSA) is 41.6 Å². The van der Waals surface area contributed by atoms with Gasteiger partial charge in [-0.2, -0.15) is 0 Å². The number of carbonyl (C=O) groups is 1. The summed E-state index contributed by atoms with van der Waals surface area (Å²) in [5.74, 6) is 0.329. The van der Waals surface area contributed by atoms with Gasteiger partial charge in [0.15, 0.2) is 0 Å².